The Morgan fingerprint density at radius 1 is 1.37 bits per heavy atom. The SMILES string of the molecule is Cc1ccc(Br)cc1C(=O)NCC1CC2CCC1C2. The van der Waals surface area contributed by atoms with E-state index in [4.69, 9.17) is 0 Å². The molecule has 2 fully saturated rings. The highest BCUT2D eigenvalue weighted by Gasteiger charge is 2.39. The third-order valence-corrected chi connectivity index (χ3v) is 5.35. The predicted octanol–water partition coefficient (Wildman–Crippen LogP) is 3.92. The molecular formula is C16H20BrNO. The van der Waals surface area contributed by atoms with Gasteiger partial charge < -0.3 is 5.32 Å². The van der Waals surface area contributed by atoms with E-state index in [-0.39, 0.29) is 5.91 Å². The topological polar surface area (TPSA) is 29.1 Å². The molecule has 2 aliphatic carbocycles. The minimum absolute atomic E-state index is 0.0709. The van der Waals surface area contributed by atoms with Gasteiger partial charge in [0.25, 0.3) is 5.91 Å². The third-order valence-electron chi connectivity index (χ3n) is 4.85. The largest absolute Gasteiger partial charge is 0.352 e. The van der Waals surface area contributed by atoms with Crippen molar-refractivity contribution < 1.29 is 4.79 Å². The van der Waals surface area contributed by atoms with E-state index in [0.29, 0.717) is 0 Å². The van der Waals surface area contributed by atoms with Gasteiger partial charge in [-0.1, -0.05) is 28.4 Å². The number of fused-ring (bicyclic) bond motifs is 2. The summed E-state index contributed by atoms with van der Waals surface area (Å²) in [7, 11) is 0. The van der Waals surface area contributed by atoms with Crippen LogP contribution in [0.4, 0.5) is 0 Å². The summed E-state index contributed by atoms with van der Waals surface area (Å²) in [5.74, 6) is 2.60. The van der Waals surface area contributed by atoms with Crippen LogP contribution >= 0.6 is 15.9 Å². The average molecular weight is 322 g/mol. The van der Waals surface area contributed by atoms with E-state index < -0.39 is 0 Å². The van der Waals surface area contributed by atoms with Crippen molar-refractivity contribution in [2.45, 2.75) is 32.6 Å². The lowest BCUT2D eigenvalue weighted by Crippen LogP contribution is -2.31. The molecule has 3 rings (SSSR count). The van der Waals surface area contributed by atoms with Gasteiger partial charge in [0.1, 0.15) is 0 Å². The van der Waals surface area contributed by atoms with Gasteiger partial charge in [0.05, 0.1) is 0 Å². The average Bonchev–Trinajstić information content (AvgIpc) is 3.01. The van der Waals surface area contributed by atoms with Crippen molar-refractivity contribution in [1.29, 1.82) is 0 Å². The van der Waals surface area contributed by atoms with Gasteiger partial charge in [-0.15, -0.1) is 0 Å². The van der Waals surface area contributed by atoms with Crippen LogP contribution in [0.2, 0.25) is 0 Å². The van der Waals surface area contributed by atoms with Crippen LogP contribution in [-0.4, -0.2) is 12.5 Å². The van der Waals surface area contributed by atoms with Gasteiger partial charge >= 0.3 is 0 Å². The van der Waals surface area contributed by atoms with Crippen LogP contribution < -0.4 is 5.32 Å². The lowest BCUT2D eigenvalue weighted by atomic mass is 9.89. The van der Waals surface area contributed by atoms with Crippen molar-refractivity contribution in [3.63, 3.8) is 0 Å². The first-order valence-electron chi connectivity index (χ1n) is 7.18. The molecule has 2 saturated carbocycles. The molecule has 0 aliphatic heterocycles. The smallest absolute Gasteiger partial charge is 0.251 e. The number of carbonyl (C=O) groups is 1. The number of benzene rings is 1. The van der Waals surface area contributed by atoms with Gasteiger partial charge in [-0.05, 0) is 61.6 Å². The maximum absolute atomic E-state index is 12.2. The lowest BCUT2D eigenvalue weighted by molar-refractivity contribution is 0.0941. The Kier molecular flexibility index (Phi) is 3.66. The zero-order chi connectivity index (χ0) is 13.4. The third kappa shape index (κ3) is 2.71. The Bertz CT molecular complexity index is 500. The first kappa shape index (κ1) is 13.2. The van der Waals surface area contributed by atoms with E-state index in [0.717, 1.165) is 39.9 Å². The standard InChI is InChI=1S/C16H20BrNO/c1-10-2-5-14(17)8-15(10)16(19)18-9-13-7-11-3-4-12(13)6-11/h2,5,8,11-13H,3-4,6-7,9H2,1H3,(H,18,19). The zero-order valence-corrected chi connectivity index (χ0v) is 12.9. The Morgan fingerprint density at radius 3 is 2.89 bits per heavy atom. The molecule has 102 valence electrons. The Balaban J connectivity index is 1.61. The van der Waals surface area contributed by atoms with Crippen LogP contribution in [0, 0.1) is 24.7 Å². The van der Waals surface area contributed by atoms with E-state index in [1.807, 2.05) is 25.1 Å². The van der Waals surface area contributed by atoms with E-state index in [2.05, 4.69) is 21.2 Å². The van der Waals surface area contributed by atoms with Crippen molar-refractivity contribution in [3.8, 4) is 0 Å². The minimum atomic E-state index is 0.0709. The number of hydrogen-bond donors (Lipinski definition) is 1. The van der Waals surface area contributed by atoms with Crippen molar-refractivity contribution >= 4 is 21.8 Å². The fourth-order valence-electron chi connectivity index (χ4n) is 3.78. The first-order valence-corrected chi connectivity index (χ1v) is 7.97. The van der Waals surface area contributed by atoms with Gasteiger partial charge in [0.15, 0.2) is 0 Å². The quantitative estimate of drug-likeness (QED) is 0.898. The van der Waals surface area contributed by atoms with E-state index >= 15 is 0 Å². The number of hydrogen-bond acceptors (Lipinski definition) is 1. The summed E-state index contributed by atoms with van der Waals surface area (Å²) >= 11 is 3.43. The summed E-state index contributed by atoms with van der Waals surface area (Å²) in [5.41, 5.74) is 1.83. The normalized spacial score (nSPS) is 28.6. The van der Waals surface area contributed by atoms with Crippen LogP contribution in [0.1, 0.15) is 41.6 Å². The molecule has 3 heteroatoms. The van der Waals surface area contributed by atoms with Gasteiger partial charge in [-0.3, -0.25) is 4.79 Å². The predicted molar refractivity (Wildman–Crippen MR) is 80.2 cm³/mol. The molecule has 0 aromatic heterocycles. The van der Waals surface area contributed by atoms with Crippen LogP contribution in [0.5, 0.6) is 0 Å². The Morgan fingerprint density at radius 2 is 2.21 bits per heavy atom. The molecule has 1 aromatic carbocycles. The monoisotopic (exact) mass is 321 g/mol. The van der Waals surface area contributed by atoms with Crippen LogP contribution in [0.25, 0.3) is 0 Å². The van der Waals surface area contributed by atoms with Gasteiger partial charge in [-0.25, -0.2) is 0 Å². The molecule has 2 bridgehead atoms. The highest BCUT2D eigenvalue weighted by molar-refractivity contribution is 9.10. The molecule has 0 heterocycles. The maximum Gasteiger partial charge on any atom is 0.251 e. The molecule has 2 nitrogen and oxygen atoms in total. The number of carbonyl (C=O) groups excluding carboxylic acids is 1. The summed E-state index contributed by atoms with van der Waals surface area (Å²) in [6.45, 7) is 2.84. The molecule has 3 atom stereocenters. The summed E-state index contributed by atoms with van der Waals surface area (Å²) in [6.07, 6.45) is 5.51. The second-order valence-corrected chi connectivity index (χ2v) is 7.02. The van der Waals surface area contributed by atoms with Crippen molar-refractivity contribution in [2.75, 3.05) is 6.54 Å². The molecule has 1 N–H and O–H groups in total. The fourth-order valence-corrected chi connectivity index (χ4v) is 4.15. The summed E-state index contributed by atoms with van der Waals surface area (Å²) in [5, 5.41) is 3.13. The number of amides is 1. The molecule has 1 aromatic rings. The molecule has 0 spiro atoms. The number of rotatable bonds is 3. The van der Waals surface area contributed by atoms with E-state index in [1.165, 1.54) is 25.7 Å². The van der Waals surface area contributed by atoms with Crippen molar-refractivity contribution in [2.24, 2.45) is 17.8 Å². The molecule has 3 unspecified atom stereocenters. The second-order valence-electron chi connectivity index (χ2n) is 6.10. The first-order chi connectivity index (χ1) is 9.13. The number of nitrogens with one attached hydrogen (secondary N) is 1. The summed E-state index contributed by atoms with van der Waals surface area (Å²) in [4.78, 5) is 12.2. The molecule has 19 heavy (non-hydrogen) atoms. The van der Waals surface area contributed by atoms with Gasteiger partial charge in [0.2, 0.25) is 0 Å². The highest BCUT2D eigenvalue weighted by Crippen LogP contribution is 2.47. The van der Waals surface area contributed by atoms with Crippen LogP contribution in [0.15, 0.2) is 22.7 Å². The fraction of sp³-hybridized carbons (Fsp3) is 0.562. The highest BCUT2D eigenvalue weighted by atomic mass is 79.9. The molecule has 0 radical (unpaired) electrons. The van der Waals surface area contributed by atoms with Crippen molar-refractivity contribution in [1.82, 2.24) is 5.32 Å². The van der Waals surface area contributed by atoms with Gasteiger partial charge in [0, 0.05) is 16.6 Å². The van der Waals surface area contributed by atoms with Crippen LogP contribution in [0.3, 0.4) is 0 Å². The van der Waals surface area contributed by atoms with Crippen LogP contribution in [-0.2, 0) is 0 Å². The number of halogens is 1. The zero-order valence-electron chi connectivity index (χ0n) is 11.3. The Labute approximate surface area is 123 Å². The molecular weight excluding hydrogens is 302 g/mol. The van der Waals surface area contributed by atoms with E-state index in [1.54, 1.807) is 0 Å². The molecule has 1 amide bonds. The van der Waals surface area contributed by atoms with Crippen molar-refractivity contribution in [3.05, 3.63) is 33.8 Å². The minimum Gasteiger partial charge on any atom is -0.352 e. The summed E-state index contributed by atoms with van der Waals surface area (Å²) in [6, 6.07) is 5.87. The maximum atomic E-state index is 12.2. The molecule has 0 saturated heterocycles. The molecule has 2 aliphatic rings. The lowest BCUT2D eigenvalue weighted by Gasteiger charge is -2.22. The second kappa shape index (κ2) is 5.28. The van der Waals surface area contributed by atoms with Gasteiger partial charge in [-0.2, -0.15) is 0 Å². The van der Waals surface area contributed by atoms with E-state index in [9.17, 15) is 4.79 Å². The number of aryl methyl sites for hydroxylation is 1. The summed E-state index contributed by atoms with van der Waals surface area (Å²) < 4.78 is 0.961. The Hall–Kier alpha value is -0.830.